The van der Waals surface area contributed by atoms with E-state index < -0.39 is 0 Å². The van der Waals surface area contributed by atoms with Crippen molar-refractivity contribution < 1.29 is 0 Å². The van der Waals surface area contributed by atoms with Crippen molar-refractivity contribution in [2.24, 2.45) is 0 Å². The lowest BCUT2D eigenvalue weighted by Crippen LogP contribution is -2.20. The maximum Gasteiger partial charge on any atom is 0.0426 e. The molecule has 0 aliphatic heterocycles. The summed E-state index contributed by atoms with van der Waals surface area (Å²) < 4.78 is 0. The molecule has 2 heteroatoms. The molecule has 1 unspecified atom stereocenters. The van der Waals surface area contributed by atoms with Gasteiger partial charge in [0.2, 0.25) is 0 Å². The Balaban J connectivity index is 2.11. The van der Waals surface area contributed by atoms with Gasteiger partial charge in [0.05, 0.1) is 0 Å². The van der Waals surface area contributed by atoms with Crippen LogP contribution in [-0.2, 0) is 6.54 Å². The third kappa shape index (κ3) is 3.45. The van der Waals surface area contributed by atoms with Crippen LogP contribution >= 0.6 is 0 Å². The van der Waals surface area contributed by atoms with Gasteiger partial charge < -0.3 is 5.32 Å². The summed E-state index contributed by atoms with van der Waals surface area (Å²) >= 11 is 0. The zero-order valence-electron chi connectivity index (χ0n) is 13.1. The van der Waals surface area contributed by atoms with E-state index in [1.165, 1.54) is 22.3 Å². The van der Waals surface area contributed by atoms with E-state index in [2.05, 4.69) is 75.3 Å². The highest BCUT2D eigenvalue weighted by Crippen LogP contribution is 2.21. The molecule has 0 aliphatic rings. The maximum absolute atomic E-state index is 4.58. The molecule has 0 fully saturated rings. The maximum atomic E-state index is 4.58. The highest BCUT2D eigenvalue weighted by molar-refractivity contribution is 5.33. The molecule has 0 saturated heterocycles. The van der Waals surface area contributed by atoms with Gasteiger partial charge in [0.25, 0.3) is 0 Å². The SMILES string of the molecule is Cc1cccc(CNC(C)c2c(C)cc(C)nc2C)c1. The molecule has 106 valence electrons. The fraction of sp³-hybridized carbons (Fsp3) is 0.389. The third-order valence-electron chi connectivity index (χ3n) is 3.71. The molecule has 20 heavy (non-hydrogen) atoms. The Bertz CT molecular complexity index is 579. The van der Waals surface area contributed by atoms with Crippen LogP contribution in [0.5, 0.6) is 0 Å². The lowest BCUT2D eigenvalue weighted by molar-refractivity contribution is 0.566. The van der Waals surface area contributed by atoms with E-state index in [9.17, 15) is 0 Å². The van der Waals surface area contributed by atoms with Gasteiger partial charge >= 0.3 is 0 Å². The molecule has 0 aliphatic carbocycles. The number of aromatic nitrogens is 1. The number of rotatable bonds is 4. The van der Waals surface area contributed by atoms with Gasteiger partial charge in [0.1, 0.15) is 0 Å². The number of hydrogen-bond donors (Lipinski definition) is 1. The summed E-state index contributed by atoms with van der Waals surface area (Å²) in [6.45, 7) is 11.5. The molecule has 0 saturated carbocycles. The van der Waals surface area contributed by atoms with Crippen molar-refractivity contribution in [1.82, 2.24) is 10.3 Å². The summed E-state index contributed by atoms with van der Waals surface area (Å²) in [5, 5.41) is 3.60. The van der Waals surface area contributed by atoms with Gasteiger partial charge in [-0.15, -0.1) is 0 Å². The van der Waals surface area contributed by atoms with E-state index in [1.807, 2.05) is 0 Å². The van der Waals surface area contributed by atoms with Gasteiger partial charge in [0, 0.05) is 24.0 Å². The van der Waals surface area contributed by atoms with Crippen LogP contribution in [0.2, 0.25) is 0 Å². The van der Waals surface area contributed by atoms with E-state index in [-0.39, 0.29) is 0 Å². The van der Waals surface area contributed by atoms with Crippen LogP contribution in [0.4, 0.5) is 0 Å². The van der Waals surface area contributed by atoms with Crippen molar-refractivity contribution in [2.45, 2.75) is 47.2 Å². The lowest BCUT2D eigenvalue weighted by atomic mass is 10.00. The number of hydrogen-bond acceptors (Lipinski definition) is 2. The zero-order chi connectivity index (χ0) is 14.7. The van der Waals surface area contributed by atoms with Crippen molar-refractivity contribution in [1.29, 1.82) is 0 Å². The molecule has 1 N–H and O–H groups in total. The van der Waals surface area contributed by atoms with Crippen LogP contribution in [0.25, 0.3) is 0 Å². The Morgan fingerprint density at radius 2 is 1.85 bits per heavy atom. The van der Waals surface area contributed by atoms with Gasteiger partial charge in [-0.05, 0) is 57.4 Å². The molecular formula is C18H24N2. The van der Waals surface area contributed by atoms with Crippen LogP contribution in [0, 0.1) is 27.7 Å². The first-order valence-electron chi connectivity index (χ1n) is 7.21. The van der Waals surface area contributed by atoms with E-state index in [0.717, 1.165) is 17.9 Å². The van der Waals surface area contributed by atoms with Crippen LogP contribution < -0.4 is 5.32 Å². The van der Waals surface area contributed by atoms with Crippen molar-refractivity contribution in [3.8, 4) is 0 Å². The van der Waals surface area contributed by atoms with E-state index >= 15 is 0 Å². The number of aryl methyl sites for hydroxylation is 4. The minimum Gasteiger partial charge on any atom is -0.306 e. The molecule has 0 bridgehead atoms. The topological polar surface area (TPSA) is 24.9 Å². The Morgan fingerprint density at radius 3 is 2.50 bits per heavy atom. The zero-order valence-corrected chi connectivity index (χ0v) is 13.1. The second-order valence-electron chi connectivity index (χ2n) is 5.67. The average Bonchev–Trinajstić information content (AvgIpc) is 2.35. The minimum absolute atomic E-state index is 0.309. The normalized spacial score (nSPS) is 12.4. The standard InChI is InChI=1S/C18H24N2/c1-12-7-6-8-17(9-12)11-19-15(4)18-13(2)10-14(3)20-16(18)5/h6-10,15,19H,11H2,1-5H3. The third-order valence-corrected chi connectivity index (χ3v) is 3.71. The second kappa shape index (κ2) is 6.19. The quantitative estimate of drug-likeness (QED) is 0.900. The van der Waals surface area contributed by atoms with E-state index in [0.29, 0.717) is 6.04 Å². The molecule has 1 atom stereocenters. The van der Waals surface area contributed by atoms with Crippen LogP contribution in [0.3, 0.4) is 0 Å². The number of nitrogens with zero attached hydrogens (tertiary/aromatic N) is 1. The van der Waals surface area contributed by atoms with Crippen LogP contribution in [0.1, 0.15) is 46.6 Å². The number of nitrogens with one attached hydrogen (secondary N) is 1. The summed E-state index contributed by atoms with van der Waals surface area (Å²) in [7, 11) is 0. The largest absolute Gasteiger partial charge is 0.306 e. The highest BCUT2D eigenvalue weighted by atomic mass is 14.9. The minimum atomic E-state index is 0.309. The Kier molecular flexibility index (Phi) is 4.56. The molecule has 2 nitrogen and oxygen atoms in total. The lowest BCUT2D eigenvalue weighted by Gasteiger charge is -2.19. The Morgan fingerprint density at radius 1 is 1.10 bits per heavy atom. The molecule has 1 aromatic heterocycles. The molecule has 2 rings (SSSR count). The molecule has 0 amide bonds. The molecular weight excluding hydrogens is 244 g/mol. The van der Waals surface area contributed by atoms with Crippen LogP contribution in [-0.4, -0.2) is 4.98 Å². The first-order valence-corrected chi connectivity index (χ1v) is 7.21. The van der Waals surface area contributed by atoms with Gasteiger partial charge in [-0.2, -0.15) is 0 Å². The van der Waals surface area contributed by atoms with E-state index in [1.54, 1.807) is 0 Å². The fourth-order valence-electron chi connectivity index (χ4n) is 2.88. The molecule has 1 aromatic carbocycles. The summed E-state index contributed by atoms with van der Waals surface area (Å²) in [5.74, 6) is 0. The van der Waals surface area contributed by atoms with Crippen molar-refractivity contribution in [3.05, 3.63) is 64.0 Å². The highest BCUT2D eigenvalue weighted by Gasteiger charge is 2.12. The summed E-state index contributed by atoms with van der Waals surface area (Å²) in [5.41, 5.74) is 7.50. The summed E-state index contributed by atoms with van der Waals surface area (Å²) in [6, 6.07) is 11.1. The van der Waals surface area contributed by atoms with Crippen molar-refractivity contribution >= 4 is 0 Å². The smallest absolute Gasteiger partial charge is 0.0426 e. The van der Waals surface area contributed by atoms with Gasteiger partial charge in [0.15, 0.2) is 0 Å². The van der Waals surface area contributed by atoms with Gasteiger partial charge in [-0.3, -0.25) is 4.98 Å². The first kappa shape index (κ1) is 14.7. The monoisotopic (exact) mass is 268 g/mol. The number of pyridine rings is 1. The predicted molar refractivity (Wildman–Crippen MR) is 84.9 cm³/mol. The average molecular weight is 268 g/mol. The Labute approximate surface area is 122 Å². The summed E-state index contributed by atoms with van der Waals surface area (Å²) in [6.07, 6.45) is 0. The molecule has 0 spiro atoms. The van der Waals surface area contributed by atoms with Crippen LogP contribution in [0.15, 0.2) is 30.3 Å². The predicted octanol–water partition coefficient (Wildman–Crippen LogP) is 4.17. The second-order valence-corrected chi connectivity index (χ2v) is 5.67. The van der Waals surface area contributed by atoms with Crippen molar-refractivity contribution in [3.63, 3.8) is 0 Å². The van der Waals surface area contributed by atoms with Gasteiger partial charge in [-0.1, -0.05) is 29.8 Å². The van der Waals surface area contributed by atoms with E-state index in [4.69, 9.17) is 0 Å². The van der Waals surface area contributed by atoms with Crippen molar-refractivity contribution in [2.75, 3.05) is 0 Å². The summed E-state index contributed by atoms with van der Waals surface area (Å²) in [4.78, 5) is 4.58. The first-order chi connectivity index (χ1) is 9.47. The molecule has 0 radical (unpaired) electrons. The fourth-order valence-corrected chi connectivity index (χ4v) is 2.88. The Hall–Kier alpha value is -1.67. The molecule has 2 aromatic rings. The van der Waals surface area contributed by atoms with Gasteiger partial charge in [-0.25, -0.2) is 0 Å². The number of benzene rings is 1. The molecule has 1 heterocycles.